The monoisotopic (exact) mass is 546 g/mol. The number of anilines is 1. The lowest BCUT2D eigenvalue weighted by Crippen LogP contribution is -2.48. The summed E-state index contributed by atoms with van der Waals surface area (Å²) in [6, 6.07) is 21.2. The first-order valence-electron chi connectivity index (χ1n) is 14.6. The molecule has 2 fully saturated rings. The van der Waals surface area contributed by atoms with E-state index in [1.54, 1.807) is 6.20 Å². The van der Waals surface area contributed by atoms with E-state index in [0.29, 0.717) is 24.4 Å². The van der Waals surface area contributed by atoms with Gasteiger partial charge in [-0.2, -0.15) is 0 Å². The molecule has 1 saturated heterocycles. The predicted molar refractivity (Wildman–Crippen MR) is 160 cm³/mol. The number of nitrogen functional groups attached to an aromatic ring is 1. The highest BCUT2D eigenvalue weighted by Crippen LogP contribution is 2.43. The number of imidazole rings is 1. The van der Waals surface area contributed by atoms with Crippen LogP contribution in [0.3, 0.4) is 0 Å². The zero-order valence-corrected chi connectivity index (χ0v) is 23.2. The normalized spacial score (nSPS) is 19.8. The minimum Gasteiger partial charge on any atom is -0.466 e. The first kappa shape index (κ1) is 25.7. The molecule has 4 heterocycles. The Hall–Kier alpha value is -4.30. The van der Waals surface area contributed by atoms with Crippen LogP contribution in [0.1, 0.15) is 44.3 Å². The van der Waals surface area contributed by atoms with Crippen LogP contribution >= 0.6 is 0 Å². The molecule has 0 bridgehead atoms. The molecule has 2 N–H and O–H groups in total. The molecule has 0 unspecified atom stereocenters. The van der Waals surface area contributed by atoms with Crippen molar-refractivity contribution >= 4 is 28.2 Å². The van der Waals surface area contributed by atoms with Gasteiger partial charge in [-0.05, 0) is 57.8 Å². The smallest absolute Gasteiger partial charge is 0.309 e. The van der Waals surface area contributed by atoms with Gasteiger partial charge < -0.3 is 15.4 Å². The van der Waals surface area contributed by atoms with Gasteiger partial charge in [0.05, 0.1) is 23.7 Å². The van der Waals surface area contributed by atoms with E-state index < -0.39 is 0 Å². The van der Waals surface area contributed by atoms with Crippen LogP contribution < -0.4 is 5.73 Å². The molecule has 208 valence electrons. The lowest BCUT2D eigenvalue weighted by atomic mass is 9.77. The number of nitrogens with zero attached hydrogens (tertiary/aromatic N) is 5. The third-order valence-electron chi connectivity index (χ3n) is 8.79. The Morgan fingerprint density at radius 3 is 2.56 bits per heavy atom. The molecule has 2 aromatic carbocycles. The van der Waals surface area contributed by atoms with Crippen molar-refractivity contribution in [2.45, 2.75) is 44.6 Å². The Kier molecular flexibility index (Phi) is 6.63. The van der Waals surface area contributed by atoms with Gasteiger partial charge in [0.2, 0.25) is 0 Å². The summed E-state index contributed by atoms with van der Waals surface area (Å²) >= 11 is 0. The molecule has 8 nitrogen and oxygen atoms in total. The van der Waals surface area contributed by atoms with Crippen molar-refractivity contribution in [2.24, 2.45) is 5.92 Å². The average Bonchev–Trinajstić information content (AvgIpc) is 3.37. The lowest BCUT2D eigenvalue weighted by Gasteiger charge is -2.45. The van der Waals surface area contributed by atoms with Crippen LogP contribution in [0.4, 0.5) is 5.82 Å². The minimum absolute atomic E-state index is 0.0385. The molecule has 41 heavy (non-hydrogen) atoms. The Morgan fingerprint density at radius 1 is 1.00 bits per heavy atom. The van der Waals surface area contributed by atoms with E-state index in [4.69, 9.17) is 20.4 Å². The number of benzene rings is 2. The zero-order chi connectivity index (χ0) is 27.9. The van der Waals surface area contributed by atoms with Crippen molar-refractivity contribution in [2.75, 3.05) is 25.4 Å². The van der Waals surface area contributed by atoms with E-state index in [2.05, 4.69) is 56.7 Å². The molecular weight excluding hydrogens is 512 g/mol. The fourth-order valence-corrected chi connectivity index (χ4v) is 6.47. The number of aromatic nitrogens is 4. The highest BCUT2D eigenvalue weighted by molar-refractivity contribution is 5.91. The van der Waals surface area contributed by atoms with Crippen molar-refractivity contribution in [1.82, 2.24) is 24.3 Å². The van der Waals surface area contributed by atoms with E-state index in [9.17, 15) is 4.79 Å². The molecule has 0 amide bonds. The highest BCUT2D eigenvalue weighted by atomic mass is 16.5. The Bertz CT molecular complexity index is 1720. The largest absolute Gasteiger partial charge is 0.466 e. The van der Waals surface area contributed by atoms with Gasteiger partial charge in [0.25, 0.3) is 0 Å². The summed E-state index contributed by atoms with van der Waals surface area (Å²) in [5.41, 5.74) is 12.1. The molecule has 7 rings (SSSR count). The van der Waals surface area contributed by atoms with E-state index in [0.717, 1.165) is 83.5 Å². The van der Waals surface area contributed by atoms with Gasteiger partial charge in [0.1, 0.15) is 22.9 Å². The fourth-order valence-electron chi connectivity index (χ4n) is 6.47. The number of piperidine rings is 1. The molecule has 0 spiro atoms. The van der Waals surface area contributed by atoms with Gasteiger partial charge in [0, 0.05) is 40.9 Å². The van der Waals surface area contributed by atoms with Crippen LogP contribution in [-0.4, -0.2) is 56.0 Å². The number of likely N-dealkylation sites (tertiary alicyclic amines) is 1. The van der Waals surface area contributed by atoms with E-state index in [-0.39, 0.29) is 11.9 Å². The van der Waals surface area contributed by atoms with Gasteiger partial charge >= 0.3 is 5.97 Å². The summed E-state index contributed by atoms with van der Waals surface area (Å²) in [6.45, 7) is 4.21. The maximum Gasteiger partial charge on any atom is 0.309 e. The van der Waals surface area contributed by atoms with Gasteiger partial charge in [-0.1, -0.05) is 48.5 Å². The van der Waals surface area contributed by atoms with Gasteiger partial charge in [-0.3, -0.25) is 9.20 Å². The molecule has 1 aliphatic heterocycles. The molecule has 0 radical (unpaired) electrons. The Labute approximate surface area is 239 Å². The molecule has 8 heteroatoms. The number of hydrogen-bond donors (Lipinski definition) is 1. The average molecular weight is 547 g/mol. The summed E-state index contributed by atoms with van der Waals surface area (Å²) < 4.78 is 7.37. The number of pyridine rings is 1. The Balaban J connectivity index is 1.15. The van der Waals surface area contributed by atoms with Crippen molar-refractivity contribution in [3.63, 3.8) is 0 Å². The summed E-state index contributed by atoms with van der Waals surface area (Å²) in [5, 5.41) is 1.08. The number of esters is 1. The topological polar surface area (TPSA) is 98.6 Å². The van der Waals surface area contributed by atoms with Gasteiger partial charge in [-0.25, -0.2) is 15.0 Å². The molecule has 5 aromatic rings. The van der Waals surface area contributed by atoms with E-state index in [1.807, 2.05) is 31.3 Å². The molecular formula is C33H34N6O2. The standard InChI is InChI=1S/C33H34N6O2/c1-2-41-33(40)23-12-15-38(16-13-23)26-18-25(19-26)32-37-29(30-31(34)35-14-17-39(30)32)24-9-8-22-10-11-27(36-28(22)20-24)21-6-4-3-5-7-21/h3-11,14,17,20,23,25-26H,2,12-13,15-16,18-19H2,1H3,(H2,34,35). The second kappa shape index (κ2) is 10.6. The van der Waals surface area contributed by atoms with E-state index in [1.165, 1.54) is 0 Å². The van der Waals surface area contributed by atoms with Crippen molar-refractivity contribution in [3.05, 3.63) is 78.9 Å². The second-order valence-electron chi connectivity index (χ2n) is 11.2. The molecule has 2 aliphatic rings. The number of ether oxygens (including phenoxy) is 1. The van der Waals surface area contributed by atoms with Gasteiger partial charge in [-0.15, -0.1) is 0 Å². The molecule has 0 atom stereocenters. The Morgan fingerprint density at radius 2 is 1.78 bits per heavy atom. The third-order valence-corrected chi connectivity index (χ3v) is 8.79. The first-order valence-corrected chi connectivity index (χ1v) is 14.6. The SMILES string of the molecule is CCOC(=O)C1CCN(C2CC(c3nc(-c4ccc5ccc(-c6ccccc6)nc5c4)c4c(N)nccn34)C2)CC1. The summed E-state index contributed by atoms with van der Waals surface area (Å²) in [6.07, 6.45) is 7.57. The summed E-state index contributed by atoms with van der Waals surface area (Å²) in [7, 11) is 0. The van der Waals surface area contributed by atoms with Crippen molar-refractivity contribution < 1.29 is 9.53 Å². The lowest BCUT2D eigenvalue weighted by molar-refractivity contribution is -0.150. The summed E-state index contributed by atoms with van der Waals surface area (Å²) in [4.78, 5) is 29.3. The van der Waals surface area contributed by atoms with Crippen molar-refractivity contribution in [1.29, 1.82) is 0 Å². The van der Waals surface area contributed by atoms with Crippen LogP contribution in [0.15, 0.2) is 73.1 Å². The zero-order valence-electron chi connectivity index (χ0n) is 23.2. The number of carbonyl (C=O) groups excluding carboxylic acids is 1. The number of rotatable bonds is 6. The number of fused-ring (bicyclic) bond motifs is 2. The highest BCUT2D eigenvalue weighted by Gasteiger charge is 2.39. The van der Waals surface area contributed by atoms with Crippen molar-refractivity contribution in [3.8, 4) is 22.5 Å². The van der Waals surface area contributed by atoms with Gasteiger partial charge in [0.15, 0.2) is 0 Å². The summed E-state index contributed by atoms with van der Waals surface area (Å²) in [5.74, 6) is 1.85. The van der Waals surface area contributed by atoms with Crippen LogP contribution in [0.25, 0.3) is 38.9 Å². The third kappa shape index (κ3) is 4.72. The molecule has 3 aromatic heterocycles. The van der Waals surface area contributed by atoms with Crippen LogP contribution in [-0.2, 0) is 9.53 Å². The predicted octanol–water partition coefficient (Wildman–Crippen LogP) is 5.71. The molecule has 1 saturated carbocycles. The first-order chi connectivity index (χ1) is 20.1. The molecule has 1 aliphatic carbocycles. The minimum atomic E-state index is -0.0404. The van der Waals surface area contributed by atoms with Crippen LogP contribution in [0, 0.1) is 5.92 Å². The second-order valence-corrected chi connectivity index (χ2v) is 11.2. The fraction of sp³-hybridized carbons (Fsp3) is 0.333. The van der Waals surface area contributed by atoms with E-state index >= 15 is 0 Å². The number of hydrogen-bond acceptors (Lipinski definition) is 7. The maximum absolute atomic E-state index is 12.1. The van der Waals surface area contributed by atoms with Crippen LogP contribution in [0.2, 0.25) is 0 Å². The number of carbonyl (C=O) groups is 1. The number of nitrogens with two attached hydrogens (primary N) is 1. The van der Waals surface area contributed by atoms with Crippen LogP contribution in [0.5, 0.6) is 0 Å². The maximum atomic E-state index is 12.1. The quantitative estimate of drug-likeness (QED) is 0.272.